The maximum absolute atomic E-state index is 12.4. The van der Waals surface area contributed by atoms with Crippen molar-refractivity contribution in [2.75, 3.05) is 13.7 Å². The van der Waals surface area contributed by atoms with Crippen LogP contribution in [-0.2, 0) is 19.1 Å². The number of esters is 1. The predicted octanol–water partition coefficient (Wildman–Crippen LogP) is 3.55. The third kappa shape index (κ3) is 9.68. The number of carbonyl (C=O) groups excluding carboxylic acids is 3. The third-order valence-corrected chi connectivity index (χ3v) is 4.77. The van der Waals surface area contributed by atoms with Crippen molar-refractivity contribution >= 4 is 17.7 Å². The quantitative estimate of drug-likeness (QED) is 0.751. The zero-order chi connectivity index (χ0) is 17.6. The zero-order valence-electron chi connectivity index (χ0n) is 15.1. The first-order valence-electron chi connectivity index (χ1n) is 9.49. The van der Waals surface area contributed by atoms with Crippen LogP contribution in [0, 0.1) is 5.92 Å². The molecular weight excluding hydrogens is 306 g/mol. The van der Waals surface area contributed by atoms with Gasteiger partial charge < -0.3 is 10.1 Å². The maximum Gasteiger partial charge on any atom is 0.305 e. The van der Waals surface area contributed by atoms with Gasteiger partial charge in [0.1, 0.15) is 0 Å². The second kappa shape index (κ2) is 13.0. The van der Waals surface area contributed by atoms with Crippen molar-refractivity contribution < 1.29 is 19.1 Å². The Bertz CT molecular complexity index is 383. The summed E-state index contributed by atoms with van der Waals surface area (Å²) in [5.41, 5.74) is 0. The van der Waals surface area contributed by atoms with Gasteiger partial charge in [0.05, 0.1) is 20.1 Å². The topological polar surface area (TPSA) is 72.5 Å². The molecule has 0 spiro atoms. The molecule has 1 N–H and O–H groups in total. The lowest BCUT2D eigenvalue weighted by Crippen LogP contribution is -2.35. The van der Waals surface area contributed by atoms with Crippen LogP contribution in [-0.4, -0.2) is 31.3 Å². The molecule has 0 atom stereocenters. The van der Waals surface area contributed by atoms with Crippen molar-refractivity contribution in [1.29, 1.82) is 0 Å². The maximum atomic E-state index is 12.4. The molecule has 0 aromatic heterocycles. The van der Waals surface area contributed by atoms with Crippen LogP contribution >= 0.6 is 0 Å². The second-order valence-corrected chi connectivity index (χ2v) is 6.79. The summed E-state index contributed by atoms with van der Waals surface area (Å²) in [5.74, 6) is -0.493. The Kier molecular flexibility index (Phi) is 11.2. The van der Waals surface area contributed by atoms with E-state index >= 15 is 0 Å². The molecule has 0 heterocycles. The number of carbonyl (C=O) groups is 3. The molecule has 0 unspecified atom stereocenters. The predicted molar refractivity (Wildman–Crippen MR) is 93.5 cm³/mol. The molecule has 0 aromatic carbocycles. The highest BCUT2D eigenvalue weighted by atomic mass is 16.5. The van der Waals surface area contributed by atoms with Gasteiger partial charge in [-0.1, -0.05) is 57.8 Å². The van der Waals surface area contributed by atoms with Gasteiger partial charge in [-0.25, -0.2) is 0 Å². The van der Waals surface area contributed by atoms with Crippen molar-refractivity contribution in [2.45, 2.75) is 83.5 Å². The molecule has 5 nitrogen and oxygen atoms in total. The number of rotatable bonds is 6. The van der Waals surface area contributed by atoms with Crippen LogP contribution in [0.15, 0.2) is 0 Å². The van der Waals surface area contributed by atoms with Crippen molar-refractivity contribution in [2.24, 2.45) is 5.92 Å². The van der Waals surface area contributed by atoms with Crippen molar-refractivity contribution in [3.8, 4) is 0 Å². The number of Topliss-reactive ketones (excluding diaryl/α,β-unsaturated/α-hetero) is 1. The Morgan fingerprint density at radius 1 is 0.833 bits per heavy atom. The largest absolute Gasteiger partial charge is 0.469 e. The van der Waals surface area contributed by atoms with Crippen LogP contribution < -0.4 is 5.32 Å². The van der Waals surface area contributed by atoms with E-state index in [-0.39, 0.29) is 37.0 Å². The number of amides is 1. The number of hydrogen-bond acceptors (Lipinski definition) is 4. The molecule has 0 saturated heterocycles. The monoisotopic (exact) mass is 339 g/mol. The fourth-order valence-electron chi connectivity index (χ4n) is 3.19. The number of ketones is 1. The molecule has 138 valence electrons. The van der Waals surface area contributed by atoms with Gasteiger partial charge in [0.2, 0.25) is 5.91 Å². The summed E-state index contributed by atoms with van der Waals surface area (Å²) in [4.78, 5) is 35.1. The standard InChI is InChI=1S/C19H33NO4/c1-24-18(22)14-13-17(21)15-20-19(23)16-11-9-7-5-3-2-4-6-8-10-12-16/h16H,2-15H2,1H3,(H,20,23). The van der Waals surface area contributed by atoms with Gasteiger partial charge in [-0.15, -0.1) is 0 Å². The fourth-order valence-corrected chi connectivity index (χ4v) is 3.19. The van der Waals surface area contributed by atoms with Crippen LogP contribution in [0.1, 0.15) is 83.5 Å². The van der Waals surface area contributed by atoms with Crippen LogP contribution in [0.4, 0.5) is 0 Å². The van der Waals surface area contributed by atoms with Gasteiger partial charge in [-0.3, -0.25) is 14.4 Å². The minimum atomic E-state index is -0.394. The van der Waals surface area contributed by atoms with Gasteiger partial charge in [0.25, 0.3) is 0 Å². The average molecular weight is 339 g/mol. The molecular formula is C19H33NO4. The minimum absolute atomic E-state index is 0.00141. The molecule has 0 radical (unpaired) electrons. The molecule has 0 aromatic rings. The zero-order valence-corrected chi connectivity index (χ0v) is 15.1. The highest BCUT2D eigenvalue weighted by molar-refractivity contribution is 5.88. The van der Waals surface area contributed by atoms with Crippen LogP contribution in [0.2, 0.25) is 0 Å². The summed E-state index contributed by atoms with van der Waals surface area (Å²) in [6, 6.07) is 0. The molecule has 1 aliphatic rings. The summed E-state index contributed by atoms with van der Waals surface area (Å²) in [5, 5.41) is 2.77. The molecule has 0 aliphatic heterocycles. The number of hydrogen-bond donors (Lipinski definition) is 1. The van der Waals surface area contributed by atoms with E-state index in [0.717, 1.165) is 25.7 Å². The fraction of sp³-hybridized carbons (Fsp3) is 0.842. The molecule has 1 aliphatic carbocycles. The summed E-state index contributed by atoms with van der Waals surface area (Å²) in [6.45, 7) is 0.0202. The first-order chi connectivity index (χ1) is 11.6. The van der Waals surface area contributed by atoms with Crippen LogP contribution in [0.5, 0.6) is 0 Å². The Labute approximate surface area is 145 Å². The molecule has 0 bridgehead atoms. The van der Waals surface area contributed by atoms with Gasteiger partial charge in [0, 0.05) is 12.3 Å². The third-order valence-electron chi connectivity index (χ3n) is 4.77. The van der Waals surface area contributed by atoms with Crippen molar-refractivity contribution in [3.63, 3.8) is 0 Å². The van der Waals surface area contributed by atoms with Gasteiger partial charge in [-0.05, 0) is 12.8 Å². The lowest BCUT2D eigenvalue weighted by Gasteiger charge is -2.17. The summed E-state index contributed by atoms with van der Waals surface area (Å²) < 4.78 is 4.51. The van der Waals surface area contributed by atoms with E-state index in [1.807, 2.05) is 0 Å². The van der Waals surface area contributed by atoms with Crippen LogP contribution in [0.25, 0.3) is 0 Å². The lowest BCUT2D eigenvalue weighted by atomic mass is 9.92. The number of ether oxygens (including phenoxy) is 1. The second-order valence-electron chi connectivity index (χ2n) is 6.79. The van der Waals surface area contributed by atoms with Gasteiger partial charge >= 0.3 is 5.97 Å². The van der Waals surface area contributed by atoms with E-state index in [4.69, 9.17) is 0 Å². The van der Waals surface area contributed by atoms with E-state index in [2.05, 4.69) is 10.1 Å². The van der Waals surface area contributed by atoms with Crippen molar-refractivity contribution in [1.82, 2.24) is 5.32 Å². The first-order valence-corrected chi connectivity index (χ1v) is 9.49. The smallest absolute Gasteiger partial charge is 0.305 e. The summed E-state index contributed by atoms with van der Waals surface area (Å²) >= 11 is 0. The summed E-state index contributed by atoms with van der Waals surface area (Å²) in [6.07, 6.45) is 13.1. The Hall–Kier alpha value is -1.39. The average Bonchev–Trinajstić information content (AvgIpc) is 2.58. The molecule has 1 rings (SSSR count). The number of methoxy groups -OCH3 is 1. The van der Waals surface area contributed by atoms with Gasteiger partial charge in [-0.2, -0.15) is 0 Å². The van der Waals surface area contributed by atoms with Crippen molar-refractivity contribution in [3.05, 3.63) is 0 Å². The molecule has 1 saturated carbocycles. The van der Waals surface area contributed by atoms with E-state index < -0.39 is 5.97 Å². The van der Waals surface area contributed by atoms with E-state index in [0.29, 0.717) is 0 Å². The SMILES string of the molecule is COC(=O)CCC(=O)CNC(=O)C1CCCCCCCCCCC1. The Morgan fingerprint density at radius 3 is 1.83 bits per heavy atom. The molecule has 5 heteroatoms. The van der Waals surface area contributed by atoms with E-state index in [1.54, 1.807) is 0 Å². The first kappa shape index (κ1) is 20.7. The molecule has 24 heavy (non-hydrogen) atoms. The van der Waals surface area contributed by atoms with E-state index in [1.165, 1.54) is 52.1 Å². The Balaban J connectivity index is 2.32. The summed E-state index contributed by atoms with van der Waals surface area (Å²) in [7, 11) is 1.30. The molecule has 1 amide bonds. The Morgan fingerprint density at radius 2 is 1.33 bits per heavy atom. The molecule has 1 fully saturated rings. The normalized spacial score (nSPS) is 18.0. The van der Waals surface area contributed by atoms with Crippen LogP contribution in [0.3, 0.4) is 0 Å². The van der Waals surface area contributed by atoms with E-state index in [9.17, 15) is 14.4 Å². The minimum Gasteiger partial charge on any atom is -0.469 e. The highest BCUT2D eigenvalue weighted by Gasteiger charge is 2.19. The van der Waals surface area contributed by atoms with Gasteiger partial charge in [0.15, 0.2) is 5.78 Å². The lowest BCUT2D eigenvalue weighted by molar-refractivity contribution is -0.141. The number of nitrogens with one attached hydrogen (secondary N) is 1. The highest BCUT2D eigenvalue weighted by Crippen LogP contribution is 2.21.